The lowest BCUT2D eigenvalue weighted by molar-refractivity contribution is 0.105. The van der Waals surface area contributed by atoms with Crippen LogP contribution in [-0.2, 0) is 9.47 Å². The molecule has 0 atom stereocenters. The van der Waals surface area contributed by atoms with Gasteiger partial charge in [0.2, 0.25) is 0 Å². The summed E-state index contributed by atoms with van der Waals surface area (Å²) in [7, 11) is 0. The van der Waals surface area contributed by atoms with E-state index in [0.717, 1.165) is 0 Å². The molecule has 0 fully saturated rings. The van der Waals surface area contributed by atoms with Crippen molar-refractivity contribution in [3.8, 4) is 0 Å². The van der Waals surface area contributed by atoms with Gasteiger partial charge >= 0.3 is 12.2 Å². The van der Waals surface area contributed by atoms with Crippen molar-refractivity contribution in [3.05, 3.63) is 29.3 Å². The molecule has 7 nitrogen and oxygen atoms in total. The maximum atomic E-state index is 11.5. The summed E-state index contributed by atoms with van der Waals surface area (Å²) >= 11 is 5.70. The first-order valence-corrected chi connectivity index (χ1v) is 6.63. The monoisotopic (exact) mass is 316 g/mol. The zero-order chi connectivity index (χ0) is 15.8. The lowest BCUT2D eigenvalue weighted by atomic mass is 10.3. The molecule has 0 bridgehead atoms. The van der Waals surface area contributed by atoms with Crippen LogP contribution in [0.25, 0.3) is 0 Å². The third kappa shape index (κ3) is 6.33. The lowest BCUT2D eigenvalue weighted by Crippen LogP contribution is -2.33. The summed E-state index contributed by atoms with van der Waals surface area (Å²) in [6.45, 7) is 3.41. The molecule has 0 saturated heterocycles. The number of carbonyl (C=O) groups is 2. The fraction of sp³-hybridized carbons (Fsp3) is 0.385. The number of hydroxylamine groups is 1. The molecular formula is C13H17ClN2O5. The Kier molecular flexibility index (Phi) is 6.77. The lowest BCUT2D eigenvalue weighted by Gasteiger charge is -2.15. The summed E-state index contributed by atoms with van der Waals surface area (Å²) in [5.41, 5.74) is 0.219. The van der Waals surface area contributed by atoms with Gasteiger partial charge < -0.3 is 14.8 Å². The van der Waals surface area contributed by atoms with Crippen LogP contribution in [0, 0.1) is 0 Å². The van der Waals surface area contributed by atoms with E-state index in [9.17, 15) is 14.8 Å². The molecule has 1 rings (SSSR count). The molecule has 0 aromatic heterocycles. The van der Waals surface area contributed by atoms with Crippen LogP contribution in [0.2, 0.25) is 5.02 Å². The molecule has 0 radical (unpaired) electrons. The first-order chi connectivity index (χ1) is 9.90. The van der Waals surface area contributed by atoms with Crippen LogP contribution in [-0.4, -0.2) is 36.6 Å². The van der Waals surface area contributed by atoms with E-state index in [4.69, 9.17) is 21.1 Å². The fourth-order valence-electron chi connectivity index (χ4n) is 1.30. The van der Waals surface area contributed by atoms with E-state index in [1.54, 1.807) is 13.8 Å². The fourth-order valence-corrected chi connectivity index (χ4v) is 1.42. The van der Waals surface area contributed by atoms with Crippen LogP contribution in [0.15, 0.2) is 24.3 Å². The number of anilines is 1. The molecule has 21 heavy (non-hydrogen) atoms. The number of rotatable bonds is 5. The van der Waals surface area contributed by atoms with Crippen molar-refractivity contribution in [2.24, 2.45) is 0 Å². The van der Waals surface area contributed by atoms with Crippen LogP contribution in [0.3, 0.4) is 0 Å². The number of nitrogens with one attached hydrogen (secondary N) is 1. The van der Waals surface area contributed by atoms with Crippen molar-refractivity contribution in [2.75, 3.05) is 18.2 Å². The highest BCUT2D eigenvalue weighted by molar-refractivity contribution is 6.30. The van der Waals surface area contributed by atoms with E-state index >= 15 is 0 Å². The van der Waals surface area contributed by atoms with Gasteiger partial charge in [-0.1, -0.05) is 11.6 Å². The van der Waals surface area contributed by atoms with Crippen molar-refractivity contribution >= 4 is 29.5 Å². The van der Waals surface area contributed by atoms with Crippen LogP contribution < -0.4 is 10.4 Å². The number of amides is 2. The number of hydrogen-bond acceptors (Lipinski definition) is 5. The van der Waals surface area contributed by atoms with Gasteiger partial charge in [0.25, 0.3) is 0 Å². The normalized spacial score (nSPS) is 10.1. The molecule has 0 saturated carbocycles. The van der Waals surface area contributed by atoms with Gasteiger partial charge in [-0.25, -0.2) is 9.59 Å². The summed E-state index contributed by atoms with van der Waals surface area (Å²) < 4.78 is 9.60. The molecule has 0 unspecified atom stereocenters. The average Bonchev–Trinajstić information content (AvgIpc) is 2.42. The van der Waals surface area contributed by atoms with Crippen molar-refractivity contribution in [1.29, 1.82) is 0 Å². The van der Waals surface area contributed by atoms with E-state index in [1.165, 1.54) is 24.3 Å². The van der Waals surface area contributed by atoms with Gasteiger partial charge in [-0.05, 0) is 38.1 Å². The number of hydrogen-bond donors (Lipinski definition) is 2. The molecule has 1 aromatic carbocycles. The minimum Gasteiger partial charge on any atom is -0.447 e. The largest absolute Gasteiger partial charge is 0.447 e. The number of alkyl carbamates (subject to hydrolysis) is 1. The van der Waals surface area contributed by atoms with E-state index in [-0.39, 0.29) is 24.9 Å². The SMILES string of the molecule is CC(C)OC(=O)NCCOC(=O)N(O)c1ccc(Cl)cc1. The summed E-state index contributed by atoms with van der Waals surface area (Å²) in [6, 6.07) is 5.97. The second-order valence-electron chi connectivity index (χ2n) is 4.28. The first kappa shape index (κ1) is 17.1. The van der Waals surface area contributed by atoms with Gasteiger partial charge in [0.1, 0.15) is 6.61 Å². The number of nitrogens with zero attached hydrogens (tertiary/aromatic N) is 1. The summed E-state index contributed by atoms with van der Waals surface area (Å²) in [5.74, 6) is 0. The Balaban J connectivity index is 2.30. The molecule has 0 heterocycles. The third-order valence-corrected chi connectivity index (χ3v) is 2.44. The predicted octanol–water partition coefficient (Wildman–Crippen LogP) is 2.81. The quantitative estimate of drug-likeness (QED) is 0.495. The second kappa shape index (κ2) is 8.33. The van der Waals surface area contributed by atoms with Crippen LogP contribution in [0.1, 0.15) is 13.8 Å². The standard InChI is InChI=1S/C13H17ClN2O5/c1-9(2)21-12(17)15-7-8-20-13(18)16(19)11-5-3-10(14)4-6-11/h3-6,9,19H,7-8H2,1-2H3,(H,15,17). The minimum absolute atomic E-state index is 0.0751. The van der Waals surface area contributed by atoms with Crippen molar-refractivity contribution in [3.63, 3.8) is 0 Å². The molecule has 116 valence electrons. The Morgan fingerprint density at radius 2 is 1.95 bits per heavy atom. The maximum absolute atomic E-state index is 11.5. The molecule has 0 aliphatic carbocycles. The average molecular weight is 317 g/mol. The molecule has 0 aliphatic rings. The zero-order valence-corrected chi connectivity index (χ0v) is 12.5. The Morgan fingerprint density at radius 1 is 1.33 bits per heavy atom. The Labute approximate surface area is 127 Å². The number of halogens is 1. The van der Waals surface area contributed by atoms with Gasteiger partial charge in [-0.2, -0.15) is 5.06 Å². The molecule has 1 aromatic rings. The molecule has 8 heteroatoms. The van der Waals surface area contributed by atoms with Crippen molar-refractivity contribution in [1.82, 2.24) is 5.32 Å². The Morgan fingerprint density at radius 3 is 2.52 bits per heavy atom. The maximum Gasteiger partial charge on any atom is 0.438 e. The molecule has 0 spiro atoms. The van der Waals surface area contributed by atoms with Gasteiger partial charge in [-0.15, -0.1) is 0 Å². The van der Waals surface area contributed by atoms with Crippen LogP contribution in [0.5, 0.6) is 0 Å². The van der Waals surface area contributed by atoms with Crippen LogP contribution in [0.4, 0.5) is 15.3 Å². The number of benzene rings is 1. The topological polar surface area (TPSA) is 88.1 Å². The van der Waals surface area contributed by atoms with E-state index in [0.29, 0.717) is 10.1 Å². The number of carbonyl (C=O) groups excluding carboxylic acids is 2. The Bertz CT molecular complexity index is 478. The molecule has 0 aliphatic heterocycles. The van der Waals surface area contributed by atoms with Crippen molar-refractivity contribution in [2.45, 2.75) is 20.0 Å². The summed E-state index contributed by atoms with van der Waals surface area (Å²) in [6.07, 6.45) is -1.79. The zero-order valence-electron chi connectivity index (χ0n) is 11.7. The Hall–Kier alpha value is -1.99. The van der Waals surface area contributed by atoms with Gasteiger partial charge in [0.15, 0.2) is 0 Å². The van der Waals surface area contributed by atoms with Gasteiger partial charge in [0, 0.05) is 5.02 Å². The molecule has 2 N–H and O–H groups in total. The predicted molar refractivity (Wildman–Crippen MR) is 76.7 cm³/mol. The molecule has 2 amide bonds. The minimum atomic E-state index is -0.962. The van der Waals surface area contributed by atoms with Gasteiger partial charge in [-0.3, -0.25) is 5.21 Å². The molecular weight excluding hydrogens is 300 g/mol. The van der Waals surface area contributed by atoms with E-state index < -0.39 is 12.2 Å². The van der Waals surface area contributed by atoms with Gasteiger partial charge in [0.05, 0.1) is 18.3 Å². The highest BCUT2D eigenvalue weighted by Gasteiger charge is 2.14. The second-order valence-corrected chi connectivity index (χ2v) is 4.72. The highest BCUT2D eigenvalue weighted by atomic mass is 35.5. The summed E-state index contributed by atoms with van der Waals surface area (Å²) in [4.78, 5) is 22.7. The summed E-state index contributed by atoms with van der Waals surface area (Å²) in [5, 5.41) is 12.8. The van der Waals surface area contributed by atoms with E-state index in [1.807, 2.05) is 0 Å². The van der Waals surface area contributed by atoms with E-state index in [2.05, 4.69) is 5.32 Å². The highest BCUT2D eigenvalue weighted by Crippen LogP contribution is 2.17. The smallest absolute Gasteiger partial charge is 0.438 e. The van der Waals surface area contributed by atoms with Crippen LogP contribution >= 0.6 is 11.6 Å². The third-order valence-electron chi connectivity index (χ3n) is 2.18. The number of ether oxygens (including phenoxy) is 2. The first-order valence-electron chi connectivity index (χ1n) is 6.26. The van der Waals surface area contributed by atoms with Crippen molar-refractivity contribution < 1.29 is 24.3 Å².